The van der Waals surface area contributed by atoms with Crippen molar-refractivity contribution in [3.8, 4) is 0 Å². The molecule has 0 aromatic carbocycles. The van der Waals surface area contributed by atoms with Gasteiger partial charge in [0.1, 0.15) is 0 Å². The standard InChI is InChI=1S/C12H18N2S/c13-9-5-10(6-9)14-7-11-4-8-2-1-3-12(8)15-11/h4,9-10,14H,1-3,5-7,13H2. The third-order valence-corrected chi connectivity index (χ3v) is 4.77. The Morgan fingerprint density at radius 3 is 3.00 bits per heavy atom. The van der Waals surface area contributed by atoms with Crippen molar-refractivity contribution in [1.82, 2.24) is 5.32 Å². The van der Waals surface area contributed by atoms with Gasteiger partial charge < -0.3 is 11.1 Å². The SMILES string of the molecule is NC1CC(NCc2cc3c(s2)CCC3)C1. The van der Waals surface area contributed by atoms with E-state index in [1.54, 1.807) is 10.4 Å². The topological polar surface area (TPSA) is 38.0 Å². The Labute approximate surface area is 94.9 Å². The van der Waals surface area contributed by atoms with Gasteiger partial charge in [-0.15, -0.1) is 11.3 Å². The maximum atomic E-state index is 5.76. The molecule has 0 spiro atoms. The lowest BCUT2D eigenvalue weighted by molar-refractivity contribution is 0.291. The van der Waals surface area contributed by atoms with Gasteiger partial charge in [0.05, 0.1) is 0 Å². The second kappa shape index (κ2) is 3.89. The van der Waals surface area contributed by atoms with Crippen molar-refractivity contribution in [2.24, 2.45) is 5.73 Å². The average molecular weight is 222 g/mol. The van der Waals surface area contributed by atoms with E-state index < -0.39 is 0 Å². The van der Waals surface area contributed by atoms with Crippen molar-refractivity contribution in [3.63, 3.8) is 0 Å². The molecule has 0 bridgehead atoms. The molecular formula is C12H18N2S. The van der Waals surface area contributed by atoms with Gasteiger partial charge in [-0.3, -0.25) is 0 Å². The van der Waals surface area contributed by atoms with Crippen LogP contribution in [-0.4, -0.2) is 12.1 Å². The minimum Gasteiger partial charge on any atom is -0.328 e. The summed E-state index contributed by atoms with van der Waals surface area (Å²) in [5, 5.41) is 3.58. The van der Waals surface area contributed by atoms with Crippen LogP contribution in [0.25, 0.3) is 0 Å². The van der Waals surface area contributed by atoms with Crippen LogP contribution in [0.3, 0.4) is 0 Å². The molecule has 0 amide bonds. The first kappa shape index (κ1) is 9.82. The van der Waals surface area contributed by atoms with E-state index in [4.69, 9.17) is 5.73 Å². The van der Waals surface area contributed by atoms with E-state index in [9.17, 15) is 0 Å². The Kier molecular flexibility index (Phi) is 2.54. The van der Waals surface area contributed by atoms with Crippen molar-refractivity contribution >= 4 is 11.3 Å². The van der Waals surface area contributed by atoms with Crippen molar-refractivity contribution in [1.29, 1.82) is 0 Å². The molecule has 3 N–H and O–H groups in total. The molecule has 2 nitrogen and oxygen atoms in total. The van der Waals surface area contributed by atoms with Gasteiger partial charge in [-0.1, -0.05) is 0 Å². The fourth-order valence-corrected chi connectivity index (χ4v) is 3.76. The Hall–Kier alpha value is -0.380. The lowest BCUT2D eigenvalue weighted by atomic mass is 9.88. The number of nitrogens with two attached hydrogens (primary N) is 1. The summed E-state index contributed by atoms with van der Waals surface area (Å²) in [6.45, 7) is 1.05. The van der Waals surface area contributed by atoms with Crippen molar-refractivity contribution in [2.45, 2.75) is 50.7 Å². The summed E-state index contributed by atoms with van der Waals surface area (Å²) in [6.07, 6.45) is 6.30. The molecule has 1 saturated carbocycles. The first-order valence-electron chi connectivity index (χ1n) is 5.90. The molecule has 1 fully saturated rings. The molecule has 1 aromatic heterocycles. The normalized spacial score (nSPS) is 28.9. The number of thiophene rings is 1. The predicted molar refractivity (Wildman–Crippen MR) is 64.2 cm³/mol. The van der Waals surface area contributed by atoms with E-state index in [-0.39, 0.29) is 0 Å². The molecule has 1 heterocycles. The van der Waals surface area contributed by atoms with E-state index in [1.165, 1.54) is 24.1 Å². The summed E-state index contributed by atoms with van der Waals surface area (Å²) in [5.74, 6) is 0. The summed E-state index contributed by atoms with van der Waals surface area (Å²) >= 11 is 2.01. The molecule has 15 heavy (non-hydrogen) atoms. The van der Waals surface area contributed by atoms with Gasteiger partial charge in [-0.05, 0) is 43.7 Å². The van der Waals surface area contributed by atoms with Gasteiger partial charge in [-0.25, -0.2) is 0 Å². The second-order valence-corrected chi connectivity index (χ2v) is 6.05. The van der Waals surface area contributed by atoms with Crippen LogP contribution < -0.4 is 11.1 Å². The summed E-state index contributed by atoms with van der Waals surface area (Å²) in [7, 11) is 0. The van der Waals surface area contributed by atoms with Gasteiger partial charge in [0.15, 0.2) is 0 Å². The first-order valence-corrected chi connectivity index (χ1v) is 6.72. The third-order valence-electron chi connectivity index (χ3n) is 3.54. The van der Waals surface area contributed by atoms with Crippen molar-refractivity contribution in [3.05, 3.63) is 21.4 Å². The van der Waals surface area contributed by atoms with Crippen molar-refractivity contribution < 1.29 is 0 Å². The van der Waals surface area contributed by atoms with Crippen LogP contribution in [0, 0.1) is 0 Å². The summed E-state index contributed by atoms with van der Waals surface area (Å²) < 4.78 is 0. The highest BCUT2D eigenvalue weighted by Crippen LogP contribution is 2.30. The van der Waals surface area contributed by atoms with Crippen LogP contribution in [-0.2, 0) is 19.4 Å². The summed E-state index contributed by atoms with van der Waals surface area (Å²) in [6, 6.07) is 3.53. The molecule has 0 aliphatic heterocycles. The quantitative estimate of drug-likeness (QED) is 0.818. The first-order chi connectivity index (χ1) is 7.31. The lowest BCUT2D eigenvalue weighted by Crippen LogP contribution is -2.47. The number of hydrogen-bond acceptors (Lipinski definition) is 3. The van der Waals surface area contributed by atoms with Crippen LogP contribution in [0.2, 0.25) is 0 Å². The monoisotopic (exact) mass is 222 g/mol. The number of nitrogens with one attached hydrogen (secondary N) is 1. The molecule has 0 radical (unpaired) electrons. The van der Waals surface area contributed by atoms with Crippen LogP contribution in [0.1, 0.15) is 34.6 Å². The molecular weight excluding hydrogens is 204 g/mol. The Morgan fingerprint density at radius 1 is 1.40 bits per heavy atom. The zero-order valence-electron chi connectivity index (χ0n) is 8.96. The molecule has 3 rings (SSSR count). The van der Waals surface area contributed by atoms with Gasteiger partial charge in [-0.2, -0.15) is 0 Å². The molecule has 2 aliphatic carbocycles. The third kappa shape index (κ3) is 1.96. The van der Waals surface area contributed by atoms with Gasteiger partial charge in [0.25, 0.3) is 0 Å². The van der Waals surface area contributed by atoms with E-state index in [0.717, 1.165) is 19.4 Å². The van der Waals surface area contributed by atoms with Gasteiger partial charge in [0.2, 0.25) is 0 Å². The highest BCUT2D eigenvalue weighted by Gasteiger charge is 2.25. The van der Waals surface area contributed by atoms with E-state index in [2.05, 4.69) is 11.4 Å². The number of rotatable bonds is 3. The maximum absolute atomic E-state index is 5.76. The molecule has 0 unspecified atom stereocenters. The van der Waals surface area contributed by atoms with E-state index >= 15 is 0 Å². The lowest BCUT2D eigenvalue weighted by Gasteiger charge is -2.33. The molecule has 82 valence electrons. The van der Waals surface area contributed by atoms with Crippen molar-refractivity contribution in [2.75, 3.05) is 0 Å². The highest BCUT2D eigenvalue weighted by atomic mass is 32.1. The van der Waals surface area contributed by atoms with Gasteiger partial charge in [0, 0.05) is 28.4 Å². The predicted octanol–water partition coefficient (Wildman–Crippen LogP) is 1.82. The Balaban J connectivity index is 1.54. The Bertz CT molecular complexity index is 331. The van der Waals surface area contributed by atoms with Crippen LogP contribution in [0.15, 0.2) is 6.07 Å². The van der Waals surface area contributed by atoms with E-state index in [1.807, 2.05) is 11.3 Å². The largest absolute Gasteiger partial charge is 0.328 e. The maximum Gasteiger partial charge on any atom is 0.0302 e. The molecule has 0 saturated heterocycles. The fourth-order valence-electron chi connectivity index (χ4n) is 2.55. The summed E-state index contributed by atoms with van der Waals surface area (Å²) in [4.78, 5) is 3.15. The Morgan fingerprint density at radius 2 is 2.27 bits per heavy atom. The average Bonchev–Trinajstić information content (AvgIpc) is 2.69. The molecule has 2 aliphatic rings. The molecule has 1 aromatic rings. The number of hydrogen-bond donors (Lipinski definition) is 2. The second-order valence-electron chi connectivity index (χ2n) is 4.82. The molecule has 0 atom stereocenters. The highest BCUT2D eigenvalue weighted by molar-refractivity contribution is 7.12. The summed E-state index contributed by atoms with van der Waals surface area (Å²) in [5.41, 5.74) is 7.37. The van der Waals surface area contributed by atoms with E-state index in [0.29, 0.717) is 12.1 Å². The minimum absolute atomic E-state index is 0.454. The zero-order chi connectivity index (χ0) is 10.3. The number of aryl methyl sites for hydroxylation is 2. The minimum atomic E-state index is 0.454. The fraction of sp³-hybridized carbons (Fsp3) is 0.667. The smallest absolute Gasteiger partial charge is 0.0302 e. The molecule has 3 heteroatoms. The number of fused-ring (bicyclic) bond motifs is 1. The van der Waals surface area contributed by atoms with Crippen LogP contribution in [0.4, 0.5) is 0 Å². The zero-order valence-corrected chi connectivity index (χ0v) is 9.78. The van der Waals surface area contributed by atoms with Crippen LogP contribution in [0.5, 0.6) is 0 Å². The van der Waals surface area contributed by atoms with Crippen LogP contribution >= 0.6 is 11.3 Å². The van der Waals surface area contributed by atoms with Gasteiger partial charge >= 0.3 is 0 Å².